The van der Waals surface area contributed by atoms with E-state index < -0.39 is 0 Å². The van der Waals surface area contributed by atoms with Gasteiger partial charge in [-0.25, -0.2) is 0 Å². The highest BCUT2D eigenvalue weighted by Crippen LogP contribution is 1.94. The monoisotopic (exact) mass is 144 g/mol. The van der Waals surface area contributed by atoms with Gasteiger partial charge in [-0.15, -0.1) is 0 Å². The molecule has 0 fully saturated rings. The molecule has 0 aromatic carbocycles. The molecule has 0 saturated heterocycles. The molecule has 60 valence electrons. The Morgan fingerprint density at radius 3 is 2.70 bits per heavy atom. The number of ether oxygens (including phenoxy) is 1. The molecule has 0 bridgehead atoms. The van der Waals surface area contributed by atoms with Crippen LogP contribution in [0.1, 0.15) is 19.3 Å². The van der Waals surface area contributed by atoms with Crippen LogP contribution < -0.4 is 0 Å². The van der Waals surface area contributed by atoms with Crippen molar-refractivity contribution < 1.29 is 9.84 Å². The molecule has 0 atom stereocenters. The highest BCUT2D eigenvalue weighted by Gasteiger charge is 1.81. The van der Waals surface area contributed by atoms with Crippen molar-refractivity contribution in [2.24, 2.45) is 0 Å². The van der Waals surface area contributed by atoms with Gasteiger partial charge in [0.2, 0.25) is 0 Å². The first kappa shape index (κ1) is 9.66. The molecule has 0 aromatic rings. The van der Waals surface area contributed by atoms with E-state index in [1.54, 1.807) is 7.11 Å². The van der Waals surface area contributed by atoms with E-state index in [1.165, 1.54) is 0 Å². The lowest BCUT2D eigenvalue weighted by molar-refractivity contribution is 0.233. The van der Waals surface area contributed by atoms with Gasteiger partial charge in [0, 0.05) is 13.7 Å². The first-order valence-corrected chi connectivity index (χ1v) is 3.66. The van der Waals surface area contributed by atoms with Crippen molar-refractivity contribution in [3.05, 3.63) is 12.2 Å². The number of aliphatic hydroxyl groups excluding tert-OH is 1. The minimum Gasteiger partial charge on any atom is -0.396 e. The molecule has 0 aliphatic heterocycles. The predicted molar refractivity (Wildman–Crippen MR) is 42.0 cm³/mol. The zero-order valence-corrected chi connectivity index (χ0v) is 6.55. The van der Waals surface area contributed by atoms with Crippen LogP contribution in [-0.4, -0.2) is 25.4 Å². The van der Waals surface area contributed by atoms with Gasteiger partial charge in [-0.2, -0.15) is 0 Å². The van der Waals surface area contributed by atoms with Crippen molar-refractivity contribution in [2.45, 2.75) is 19.3 Å². The summed E-state index contributed by atoms with van der Waals surface area (Å²) in [5.41, 5.74) is 0. The number of hydrogen-bond acceptors (Lipinski definition) is 2. The summed E-state index contributed by atoms with van der Waals surface area (Å²) >= 11 is 0. The van der Waals surface area contributed by atoms with Crippen LogP contribution >= 0.6 is 0 Å². The van der Waals surface area contributed by atoms with Crippen LogP contribution in [0.5, 0.6) is 0 Å². The molecule has 0 radical (unpaired) electrons. The van der Waals surface area contributed by atoms with E-state index in [0.717, 1.165) is 19.3 Å². The Labute approximate surface area is 62.5 Å². The van der Waals surface area contributed by atoms with Gasteiger partial charge in [0.15, 0.2) is 0 Å². The summed E-state index contributed by atoms with van der Waals surface area (Å²) in [7, 11) is 1.68. The molecule has 0 unspecified atom stereocenters. The Morgan fingerprint density at radius 1 is 1.30 bits per heavy atom. The summed E-state index contributed by atoms with van der Waals surface area (Å²) in [5.74, 6) is 0. The molecule has 2 nitrogen and oxygen atoms in total. The third kappa shape index (κ3) is 7.66. The molecular formula is C8H16O2. The minimum absolute atomic E-state index is 0.304. The molecule has 0 heterocycles. The fraction of sp³-hybridized carbons (Fsp3) is 0.750. The summed E-state index contributed by atoms with van der Waals surface area (Å²) in [6.45, 7) is 0.997. The molecule has 0 aromatic heterocycles. The molecule has 0 spiro atoms. The van der Waals surface area contributed by atoms with Crippen molar-refractivity contribution in [1.29, 1.82) is 0 Å². The molecule has 0 aliphatic rings. The third-order valence-corrected chi connectivity index (χ3v) is 1.21. The second-order valence-corrected chi connectivity index (χ2v) is 2.15. The van der Waals surface area contributed by atoms with Crippen molar-refractivity contribution in [1.82, 2.24) is 0 Å². The lowest BCUT2D eigenvalue weighted by atomic mass is 10.2. The Balaban J connectivity index is 2.88. The van der Waals surface area contributed by atoms with Gasteiger partial charge in [0.25, 0.3) is 0 Å². The van der Waals surface area contributed by atoms with Crippen molar-refractivity contribution in [3.8, 4) is 0 Å². The Morgan fingerprint density at radius 2 is 2.10 bits per heavy atom. The van der Waals surface area contributed by atoms with Gasteiger partial charge < -0.3 is 9.84 Å². The van der Waals surface area contributed by atoms with E-state index in [9.17, 15) is 0 Å². The summed E-state index contributed by atoms with van der Waals surface area (Å²) in [6.07, 6.45) is 7.09. The smallest absolute Gasteiger partial charge is 0.0643 e. The Hall–Kier alpha value is -0.340. The average Bonchev–Trinajstić information content (AvgIpc) is 1.97. The van der Waals surface area contributed by atoms with Crippen molar-refractivity contribution in [3.63, 3.8) is 0 Å². The molecule has 0 amide bonds. The van der Waals surface area contributed by atoms with Gasteiger partial charge in [-0.1, -0.05) is 12.2 Å². The number of allylic oxidation sites excluding steroid dienone is 1. The summed E-state index contributed by atoms with van der Waals surface area (Å²) in [5, 5.41) is 8.42. The molecule has 1 N–H and O–H groups in total. The maximum atomic E-state index is 8.42. The number of aliphatic hydroxyl groups is 1. The second-order valence-electron chi connectivity index (χ2n) is 2.15. The normalized spacial score (nSPS) is 11.0. The minimum atomic E-state index is 0.304. The van der Waals surface area contributed by atoms with E-state index in [4.69, 9.17) is 9.84 Å². The number of methoxy groups -OCH3 is 1. The van der Waals surface area contributed by atoms with Gasteiger partial charge in [-0.05, 0) is 19.3 Å². The molecule has 0 saturated carbocycles. The van der Waals surface area contributed by atoms with Gasteiger partial charge in [-0.3, -0.25) is 0 Å². The SMILES string of the molecule is COCC=CCCCCO. The Bertz CT molecular complexity index is 79.3. The van der Waals surface area contributed by atoms with Crippen LogP contribution in [0.3, 0.4) is 0 Å². The quantitative estimate of drug-likeness (QED) is 0.450. The van der Waals surface area contributed by atoms with E-state index in [-0.39, 0.29) is 0 Å². The van der Waals surface area contributed by atoms with E-state index in [0.29, 0.717) is 13.2 Å². The van der Waals surface area contributed by atoms with Crippen molar-refractivity contribution >= 4 is 0 Å². The lowest BCUT2D eigenvalue weighted by Crippen LogP contribution is -1.82. The number of unbranched alkanes of at least 4 members (excludes halogenated alkanes) is 2. The topological polar surface area (TPSA) is 29.5 Å². The largest absolute Gasteiger partial charge is 0.396 e. The van der Waals surface area contributed by atoms with Crippen LogP contribution in [0.4, 0.5) is 0 Å². The van der Waals surface area contributed by atoms with Crippen LogP contribution in [0.2, 0.25) is 0 Å². The molecule has 2 heteroatoms. The number of rotatable bonds is 6. The summed E-state index contributed by atoms with van der Waals surface area (Å²) in [6, 6.07) is 0. The van der Waals surface area contributed by atoms with Crippen LogP contribution in [0, 0.1) is 0 Å². The zero-order chi connectivity index (χ0) is 7.66. The van der Waals surface area contributed by atoms with Gasteiger partial charge >= 0.3 is 0 Å². The highest BCUT2D eigenvalue weighted by molar-refractivity contribution is 4.80. The maximum Gasteiger partial charge on any atom is 0.0643 e. The standard InChI is InChI=1S/C8H16O2/c1-10-8-6-4-2-3-5-7-9/h4,6,9H,2-3,5,7-8H2,1H3. The fourth-order valence-electron chi connectivity index (χ4n) is 0.656. The lowest BCUT2D eigenvalue weighted by Gasteiger charge is -1.91. The van der Waals surface area contributed by atoms with E-state index in [2.05, 4.69) is 6.08 Å². The van der Waals surface area contributed by atoms with Crippen LogP contribution in [-0.2, 0) is 4.74 Å². The van der Waals surface area contributed by atoms with Crippen LogP contribution in [0.25, 0.3) is 0 Å². The van der Waals surface area contributed by atoms with Gasteiger partial charge in [0.1, 0.15) is 0 Å². The Kier molecular flexibility index (Phi) is 8.37. The second kappa shape index (κ2) is 8.66. The maximum absolute atomic E-state index is 8.42. The zero-order valence-electron chi connectivity index (χ0n) is 6.55. The first-order valence-electron chi connectivity index (χ1n) is 3.66. The summed E-state index contributed by atoms with van der Waals surface area (Å²) in [4.78, 5) is 0. The third-order valence-electron chi connectivity index (χ3n) is 1.21. The molecular weight excluding hydrogens is 128 g/mol. The number of hydrogen-bond donors (Lipinski definition) is 1. The fourth-order valence-corrected chi connectivity index (χ4v) is 0.656. The molecule has 0 aliphatic carbocycles. The molecule has 10 heavy (non-hydrogen) atoms. The molecule has 0 rings (SSSR count). The highest BCUT2D eigenvalue weighted by atomic mass is 16.5. The van der Waals surface area contributed by atoms with Gasteiger partial charge in [0.05, 0.1) is 6.61 Å². The average molecular weight is 144 g/mol. The van der Waals surface area contributed by atoms with Crippen molar-refractivity contribution in [2.75, 3.05) is 20.3 Å². The first-order chi connectivity index (χ1) is 4.91. The van der Waals surface area contributed by atoms with E-state index in [1.807, 2.05) is 6.08 Å². The van der Waals surface area contributed by atoms with Crippen LogP contribution in [0.15, 0.2) is 12.2 Å². The predicted octanol–water partition coefficient (Wildman–Crippen LogP) is 1.35. The summed E-state index contributed by atoms with van der Waals surface area (Å²) < 4.78 is 4.81. The van der Waals surface area contributed by atoms with E-state index >= 15 is 0 Å².